The summed E-state index contributed by atoms with van der Waals surface area (Å²) in [6.45, 7) is 5.54. The van der Waals surface area contributed by atoms with Crippen LogP contribution in [0.5, 0.6) is 0 Å². The smallest absolute Gasteiger partial charge is 0.146 e. The maximum absolute atomic E-state index is 6.49. The van der Waals surface area contributed by atoms with Crippen molar-refractivity contribution >= 4 is 28.9 Å². The molecule has 19 heavy (non-hydrogen) atoms. The first kappa shape index (κ1) is 19.3. The number of rotatable bonds is 14. The van der Waals surface area contributed by atoms with E-state index in [4.69, 9.17) is 22.2 Å². The third-order valence-electron chi connectivity index (χ3n) is 3.40. The minimum absolute atomic E-state index is 1.07. The van der Waals surface area contributed by atoms with Gasteiger partial charge in [-0.1, -0.05) is 50.7 Å². The molecule has 0 unspecified atom stereocenters. The molecule has 0 nitrogen and oxygen atoms in total. The molecule has 0 aromatic rings. The van der Waals surface area contributed by atoms with Crippen LogP contribution in [-0.2, 0) is 0 Å². The summed E-state index contributed by atoms with van der Waals surface area (Å²) in [7, 11) is 0. The molecule has 112 valence electrons. The highest BCUT2D eigenvalue weighted by atomic mass is 35.7. The SMILES string of the molecule is C=CCCCCCC[Si](Cl)(Cl)CCCCCCC=C. The first-order valence-corrected chi connectivity index (χ1v) is 12.2. The summed E-state index contributed by atoms with van der Waals surface area (Å²) in [4.78, 5) is 0. The molecule has 0 bridgehead atoms. The lowest BCUT2D eigenvalue weighted by atomic mass is 10.1. The van der Waals surface area contributed by atoms with Crippen LogP contribution in [0.2, 0.25) is 12.1 Å². The Hall–Kier alpha value is 0.277. The Morgan fingerprint density at radius 1 is 0.632 bits per heavy atom. The standard InChI is InChI=1S/C16H30Cl2Si/c1-3-5-7-9-11-13-15-19(17,18)16-14-12-10-8-6-4-2/h3-4H,1-2,5-16H2. The summed E-state index contributed by atoms with van der Waals surface area (Å²) in [5, 5.41) is 0. The third-order valence-corrected chi connectivity index (χ3v) is 7.84. The van der Waals surface area contributed by atoms with Gasteiger partial charge < -0.3 is 0 Å². The van der Waals surface area contributed by atoms with Crippen LogP contribution in [0, 0.1) is 0 Å². The van der Waals surface area contributed by atoms with Crippen molar-refractivity contribution in [1.82, 2.24) is 0 Å². The zero-order chi connectivity index (χ0) is 14.4. The Morgan fingerprint density at radius 3 is 1.37 bits per heavy atom. The van der Waals surface area contributed by atoms with Crippen molar-refractivity contribution in [2.24, 2.45) is 0 Å². The lowest BCUT2D eigenvalue weighted by Gasteiger charge is -2.16. The van der Waals surface area contributed by atoms with Gasteiger partial charge in [-0.05, 0) is 37.8 Å². The Labute approximate surface area is 130 Å². The second kappa shape index (κ2) is 13.3. The summed E-state index contributed by atoms with van der Waals surface area (Å²) in [5.74, 6) is 0. The van der Waals surface area contributed by atoms with Gasteiger partial charge in [-0.15, -0.1) is 35.3 Å². The highest BCUT2D eigenvalue weighted by Gasteiger charge is 2.26. The maximum Gasteiger partial charge on any atom is 0.251 e. The third kappa shape index (κ3) is 14.5. The molecule has 0 aliphatic heterocycles. The van der Waals surface area contributed by atoms with Gasteiger partial charge >= 0.3 is 0 Å². The Kier molecular flexibility index (Phi) is 13.5. The zero-order valence-corrected chi connectivity index (χ0v) is 14.8. The van der Waals surface area contributed by atoms with Crippen LogP contribution in [0.25, 0.3) is 0 Å². The number of hydrogen-bond acceptors (Lipinski definition) is 0. The fourth-order valence-electron chi connectivity index (χ4n) is 2.18. The topological polar surface area (TPSA) is 0 Å². The largest absolute Gasteiger partial charge is 0.251 e. The molecule has 0 saturated heterocycles. The van der Waals surface area contributed by atoms with Gasteiger partial charge in [0.25, 0.3) is 6.69 Å². The molecule has 0 rings (SSSR count). The molecule has 0 heterocycles. The van der Waals surface area contributed by atoms with E-state index in [2.05, 4.69) is 13.2 Å². The molecule has 0 aliphatic carbocycles. The van der Waals surface area contributed by atoms with E-state index in [1.54, 1.807) is 0 Å². The fraction of sp³-hybridized carbons (Fsp3) is 0.750. The van der Waals surface area contributed by atoms with Crippen LogP contribution in [0.4, 0.5) is 0 Å². The van der Waals surface area contributed by atoms with Crippen molar-refractivity contribution in [3.05, 3.63) is 25.3 Å². The normalized spacial score (nSPS) is 11.5. The second-order valence-corrected chi connectivity index (χ2v) is 13.0. The van der Waals surface area contributed by atoms with Gasteiger partial charge in [0.05, 0.1) is 0 Å². The average molecular weight is 321 g/mol. The molecule has 0 aromatic carbocycles. The molecule has 0 radical (unpaired) electrons. The summed E-state index contributed by atoms with van der Waals surface area (Å²) < 4.78 is 0. The molecule has 0 aromatic heterocycles. The average Bonchev–Trinajstić information content (AvgIpc) is 2.38. The van der Waals surface area contributed by atoms with Crippen LogP contribution in [0.1, 0.15) is 64.2 Å². The number of halogens is 2. The van der Waals surface area contributed by atoms with E-state index in [1.807, 2.05) is 12.2 Å². The molecule has 0 atom stereocenters. The molecular formula is C16H30Cl2Si. The number of hydrogen-bond donors (Lipinski definition) is 0. The summed E-state index contributed by atoms with van der Waals surface area (Å²) in [5.41, 5.74) is 0. The predicted molar refractivity (Wildman–Crippen MR) is 93.6 cm³/mol. The minimum atomic E-state index is -1.94. The number of allylic oxidation sites excluding steroid dienone is 2. The Balaban J connectivity index is 3.41. The van der Waals surface area contributed by atoms with Gasteiger partial charge in [0.2, 0.25) is 0 Å². The zero-order valence-electron chi connectivity index (χ0n) is 12.3. The molecule has 0 saturated carbocycles. The van der Waals surface area contributed by atoms with Crippen molar-refractivity contribution in [2.45, 2.75) is 76.3 Å². The number of unbranched alkanes of at least 4 members (excludes halogenated alkanes) is 8. The molecule has 0 amide bonds. The summed E-state index contributed by atoms with van der Waals surface area (Å²) in [6.07, 6.45) is 16.3. The highest BCUT2D eigenvalue weighted by molar-refractivity contribution is 7.45. The van der Waals surface area contributed by atoms with Gasteiger partial charge in [0.15, 0.2) is 0 Å². The lowest BCUT2D eigenvalue weighted by Crippen LogP contribution is -2.18. The van der Waals surface area contributed by atoms with E-state index in [0.29, 0.717) is 0 Å². The molecule has 0 spiro atoms. The first-order valence-electron chi connectivity index (χ1n) is 7.72. The minimum Gasteiger partial charge on any atom is -0.146 e. The second-order valence-electron chi connectivity index (χ2n) is 5.34. The monoisotopic (exact) mass is 320 g/mol. The van der Waals surface area contributed by atoms with Gasteiger partial charge in [-0.2, -0.15) is 0 Å². The molecule has 3 heteroatoms. The Bertz CT molecular complexity index is 205. The fourth-order valence-corrected chi connectivity index (χ4v) is 5.56. The maximum atomic E-state index is 6.49. The molecular weight excluding hydrogens is 291 g/mol. The van der Waals surface area contributed by atoms with Crippen molar-refractivity contribution in [3.63, 3.8) is 0 Å². The van der Waals surface area contributed by atoms with Crippen molar-refractivity contribution in [1.29, 1.82) is 0 Å². The van der Waals surface area contributed by atoms with E-state index in [9.17, 15) is 0 Å². The Morgan fingerprint density at radius 2 is 1.00 bits per heavy atom. The van der Waals surface area contributed by atoms with E-state index < -0.39 is 6.69 Å². The van der Waals surface area contributed by atoms with Crippen LogP contribution >= 0.6 is 22.2 Å². The van der Waals surface area contributed by atoms with Crippen LogP contribution in [0.3, 0.4) is 0 Å². The van der Waals surface area contributed by atoms with Crippen molar-refractivity contribution in [3.8, 4) is 0 Å². The molecule has 0 aliphatic rings. The van der Waals surface area contributed by atoms with Gasteiger partial charge in [0, 0.05) is 0 Å². The van der Waals surface area contributed by atoms with Gasteiger partial charge in [-0.3, -0.25) is 0 Å². The van der Waals surface area contributed by atoms with Gasteiger partial charge in [0.1, 0.15) is 0 Å². The van der Waals surface area contributed by atoms with E-state index >= 15 is 0 Å². The van der Waals surface area contributed by atoms with E-state index in [1.165, 1.54) is 51.4 Å². The highest BCUT2D eigenvalue weighted by Crippen LogP contribution is 2.30. The van der Waals surface area contributed by atoms with E-state index in [0.717, 1.165) is 24.9 Å². The van der Waals surface area contributed by atoms with Crippen molar-refractivity contribution < 1.29 is 0 Å². The predicted octanol–water partition coefficient (Wildman–Crippen LogP) is 7.18. The van der Waals surface area contributed by atoms with Gasteiger partial charge in [-0.25, -0.2) is 0 Å². The molecule has 0 N–H and O–H groups in total. The summed E-state index contributed by atoms with van der Waals surface area (Å²) >= 11 is 13.0. The van der Waals surface area contributed by atoms with E-state index in [-0.39, 0.29) is 0 Å². The first-order chi connectivity index (χ1) is 9.12. The van der Waals surface area contributed by atoms with Crippen LogP contribution < -0.4 is 0 Å². The van der Waals surface area contributed by atoms with Crippen molar-refractivity contribution in [2.75, 3.05) is 0 Å². The molecule has 0 fully saturated rings. The van der Waals surface area contributed by atoms with Crippen LogP contribution in [-0.4, -0.2) is 6.69 Å². The summed E-state index contributed by atoms with van der Waals surface area (Å²) in [6, 6.07) is 2.13. The quantitative estimate of drug-likeness (QED) is 0.138. The van der Waals surface area contributed by atoms with Crippen LogP contribution in [0.15, 0.2) is 25.3 Å². The lowest BCUT2D eigenvalue weighted by molar-refractivity contribution is 0.662.